The van der Waals surface area contributed by atoms with Gasteiger partial charge < -0.3 is 9.47 Å². The molecule has 0 spiro atoms. The van der Waals surface area contributed by atoms with Crippen molar-refractivity contribution >= 4 is 5.78 Å². The highest BCUT2D eigenvalue weighted by Crippen LogP contribution is 2.53. The number of hydrogen-bond donors (Lipinski definition) is 0. The topological polar surface area (TPSA) is 35.5 Å². The third-order valence-electron chi connectivity index (χ3n) is 7.99. The number of hydrogen-bond acceptors (Lipinski definition) is 3. The van der Waals surface area contributed by atoms with Gasteiger partial charge in [0.25, 0.3) is 0 Å². The van der Waals surface area contributed by atoms with Crippen LogP contribution < -0.4 is 0 Å². The van der Waals surface area contributed by atoms with Crippen molar-refractivity contribution in [3.63, 3.8) is 0 Å². The molecular weight excluding hydrogens is 336 g/mol. The maximum absolute atomic E-state index is 13.4. The minimum absolute atomic E-state index is 0.162. The zero-order valence-corrected chi connectivity index (χ0v) is 17.5. The molecule has 0 aromatic heterocycles. The van der Waals surface area contributed by atoms with Gasteiger partial charge in [-0.3, -0.25) is 4.79 Å². The summed E-state index contributed by atoms with van der Waals surface area (Å²) >= 11 is 0. The molecular formula is C24H38O3. The first-order valence-electron chi connectivity index (χ1n) is 11.6. The number of allylic oxidation sites excluding steroid dienone is 2. The van der Waals surface area contributed by atoms with E-state index in [2.05, 4.69) is 26.8 Å². The molecule has 4 rings (SSSR count). The minimum Gasteiger partial charge on any atom is -0.378 e. The summed E-state index contributed by atoms with van der Waals surface area (Å²) in [7, 11) is 0. The maximum atomic E-state index is 13.4. The molecule has 0 aromatic rings. The fraction of sp³-hybridized carbons (Fsp3) is 0.875. The first-order valence-corrected chi connectivity index (χ1v) is 11.6. The molecule has 2 aliphatic carbocycles. The second kappa shape index (κ2) is 8.37. The van der Waals surface area contributed by atoms with E-state index in [0.717, 1.165) is 44.3 Å². The summed E-state index contributed by atoms with van der Waals surface area (Å²) < 4.78 is 12.7. The van der Waals surface area contributed by atoms with Crippen LogP contribution in [-0.4, -0.2) is 30.7 Å². The smallest absolute Gasteiger partial charge is 0.161 e. The third kappa shape index (κ3) is 3.79. The molecule has 3 heteroatoms. The Kier molecular flexibility index (Phi) is 6.09. The highest BCUT2D eigenvalue weighted by Gasteiger charge is 2.52. The van der Waals surface area contributed by atoms with Gasteiger partial charge in [-0.2, -0.15) is 0 Å². The fourth-order valence-electron chi connectivity index (χ4n) is 6.52. The van der Waals surface area contributed by atoms with Crippen LogP contribution in [0.15, 0.2) is 11.6 Å². The van der Waals surface area contributed by atoms with Crippen LogP contribution in [0.25, 0.3) is 0 Å². The Balaban J connectivity index is 1.60. The summed E-state index contributed by atoms with van der Waals surface area (Å²) in [6, 6.07) is 0. The van der Waals surface area contributed by atoms with Crippen molar-refractivity contribution in [1.29, 1.82) is 0 Å². The molecule has 27 heavy (non-hydrogen) atoms. The van der Waals surface area contributed by atoms with Crippen molar-refractivity contribution in [1.82, 2.24) is 0 Å². The minimum atomic E-state index is 0.162. The SMILES string of the molecule is CCC1CCCCC(C)C(=O)C2=CC3C4CCCC4OC(C)C3C2CCO1. The van der Waals surface area contributed by atoms with E-state index in [9.17, 15) is 4.79 Å². The lowest BCUT2D eigenvalue weighted by molar-refractivity contribution is -0.127. The second-order valence-electron chi connectivity index (χ2n) is 9.60. The van der Waals surface area contributed by atoms with Crippen LogP contribution in [-0.2, 0) is 14.3 Å². The number of rotatable bonds is 1. The van der Waals surface area contributed by atoms with Gasteiger partial charge in [0, 0.05) is 12.5 Å². The number of ketones is 1. The third-order valence-corrected chi connectivity index (χ3v) is 7.99. The predicted molar refractivity (Wildman–Crippen MR) is 108 cm³/mol. The number of ether oxygens (including phenoxy) is 2. The Bertz CT molecular complexity index is 568. The second-order valence-corrected chi connectivity index (χ2v) is 9.60. The molecule has 1 saturated carbocycles. The van der Waals surface area contributed by atoms with Gasteiger partial charge in [-0.1, -0.05) is 39.2 Å². The Labute approximate surface area is 165 Å². The van der Waals surface area contributed by atoms with Crippen molar-refractivity contribution in [3.8, 4) is 0 Å². The molecule has 2 heterocycles. The molecule has 8 unspecified atom stereocenters. The molecule has 2 saturated heterocycles. The molecule has 0 radical (unpaired) electrons. The van der Waals surface area contributed by atoms with Gasteiger partial charge in [-0.25, -0.2) is 0 Å². The highest BCUT2D eigenvalue weighted by atomic mass is 16.5. The fourth-order valence-corrected chi connectivity index (χ4v) is 6.52. The molecule has 2 aliphatic heterocycles. The van der Waals surface area contributed by atoms with Gasteiger partial charge in [-0.05, 0) is 74.7 Å². The summed E-state index contributed by atoms with van der Waals surface area (Å²) in [5, 5.41) is 0. The zero-order valence-electron chi connectivity index (χ0n) is 17.5. The van der Waals surface area contributed by atoms with Gasteiger partial charge >= 0.3 is 0 Å². The zero-order chi connectivity index (χ0) is 19.0. The quantitative estimate of drug-likeness (QED) is 0.622. The molecule has 0 N–H and O–H groups in total. The van der Waals surface area contributed by atoms with Crippen LogP contribution in [0.3, 0.4) is 0 Å². The van der Waals surface area contributed by atoms with Gasteiger partial charge in [0.1, 0.15) is 0 Å². The first-order chi connectivity index (χ1) is 13.1. The van der Waals surface area contributed by atoms with Crippen molar-refractivity contribution in [2.45, 2.75) is 96.9 Å². The normalized spacial score (nSPS) is 45.9. The highest BCUT2D eigenvalue weighted by molar-refractivity contribution is 5.98. The van der Waals surface area contributed by atoms with E-state index in [1.807, 2.05) is 0 Å². The van der Waals surface area contributed by atoms with E-state index >= 15 is 0 Å². The lowest BCUT2D eigenvalue weighted by Gasteiger charge is -2.43. The Morgan fingerprint density at radius 3 is 2.67 bits per heavy atom. The predicted octanol–water partition coefficient (Wildman–Crippen LogP) is 5.33. The summed E-state index contributed by atoms with van der Waals surface area (Å²) in [5.74, 6) is 2.57. The standard InChI is InChI=1S/C24H38O3/c1-4-17-9-6-5-8-15(2)24(25)21-14-20-18-10-7-11-22(18)27-16(3)23(20)19(21)12-13-26-17/h14-20,22-23H,4-13H2,1-3H3. The van der Waals surface area contributed by atoms with Gasteiger partial charge in [0.05, 0.1) is 18.3 Å². The van der Waals surface area contributed by atoms with Crippen molar-refractivity contribution in [3.05, 3.63) is 11.6 Å². The first kappa shape index (κ1) is 19.6. The van der Waals surface area contributed by atoms with E-state index in [1.54, 1.807) is 0 Å². The van der Waals surface area contributed by atoms with Crippen LogP contribution in [0.1, 0.15) is 78.6 Å². The molecule has 0 aromatic carbocycles. The number of Topliss-reactive ketones (excluding diaryl/α,β-unsaturated/α-hetero) is 1. The van der Waals surface area contributed by atoms with E-state index < -0.39 is 0 Å². The molecule has 8 atom stereocenters. The van der Waals surface area contributed by atoms with E-state index in [0.29, 0.717) is 41.7 Å². The van der Waals surface area contributed by atoms with Crippen LogP contribution in [0, 0.1) is 29.6 Å². The summed E-state index contributed by atoms with van der Waals surface area (Å²) in [6.45, 7) is 7.42. The van der Waals surface area contributed by atoms with Crippen molar-refractivity contribution in [2.24, 2.45) is 29.6 Å². The number of carbonyl (C=O) groups excluding carboxylic acids is 1. The molecule has 0 amide bonds. The number of fused-ring (bicyclic) bond motifs is 5. The monoisotopic (exact) mass is 374 g/mol. The van der Waals surface area contributed by atoms with Crippen LogP contribution in [0.4, 0.5) is 0 Å². The average Bonchev–Trinajstić information content (AvgIpc) is 3.26. The summed E-state index contributed by atoms with van der Waals surface area (Å²) in [4.78, 5) is 13.4. The summed E-state index contributed by atoms with van der Waals surface area (Å²) in [5.41, 5.74) is 1.14. The largest absolute Gasteiger partial charge is 0.378 e. The van der Waals surface area contributed by atoms with Crippen LogP contribution in [0.5, 0.6) is 0 Å². The van der Waals surface area contributed by atoms with Crippen molar-refractivity contribution < 1.29 is 14.3 Å². The molecule has 3 nitrogen and oxygen atoms in total. The van der Waals surface area contributed by atoms with Crippen LogP contribution in [0.2, 0.25) is 0 Å². The van der Waals surface area contributed by atoms with Gasteiger partial charge in [-0.15, -0.1) is 0 Å². The maximum Gasteiger partial charge on any atom is 0.161 e. The summed E-state index contributed by atoms with van der Waals surface area (Å²) in [6.07, 6.45) is 13.8. The lowest BCUT2D eigenvalue weighted by Crippen LogP contribution is -2.45. The van der Waals surface area contributed by atoms with E-state index in [1.165, 1.54) is 25.7 Å². The lowest BCUT2D eigenvalue weighted by atomic mass is 9.72. The van der Waals surface area contributed by atoms with Gasteiger partial charge in [0.2, 0.25) is 0 Å². The van der Waals surface area contributed by atoms with Gasteiger partial charge in [0.15, 0.2) is 5.78 Å². The molecule has 3 fully saturated rings. The molecule has 4 aliphatic rings. The van der Waals surface area contributed by atoms with E-state index in [-0.39, 0.29) is 12.0 Å². The molecule has 152 valence electrons. The Morgan fingerprint density at radius 1 is 1.04 bits per heavy atom. The Morgan fingerprint density at radius 2 is 1.85 bits per heavy atom. The number of carbonyl (C=O) groups is 1. The van der Waals surface area contributed by atoms with Crippen LogP contribution >= 0.6 is 0 Å². The average molecular weight is 375 g/mol. The van der Waals surface area contributed by atoms with Crippen molar-refractivity contribution in [2.75, 3.05) is 6.61 Å². The molecule has 0 bridgehead atoms. The Hall–Kier alpha value is -0.670. The van der Waals surface area contributed by atoms with E-state index in [4.69, 9.17) is 9.47 Å².